The van der Waals surface area contributed by atoms with Crippen molar-refractivity contribution < 1.29 is 4.79 Å². The van der Waals surface area contributed by atoms with E-state index in [-0.39, 0.29) is 11.9 Å². The molecule has 0 saturated heterocycles. The van der Waals surface area contributed by atoms with Crippen LogP contribution in [-0.4, -0.2) is 18.0 Å². The fourth-order valence-electron chi connectivity index (χ4n) is 2.52. The molecule has 1 atom stereocenters. The third-order valence-electron chi connectivity index (χ3n) is 3.51. The smallest absolute Gasteiger partial charge is 0.237 e. The monoisotopic (exact) mass is 240 g/mol. The van der Waals surface area contributed by atoms with E-state index in [9.17, 15) is 4.79 Å². The molecule has 0 aromatic rings. The summed E-state index contributed by atoms with van der Waals surface area (Å²) in [5.41, 5.74) is 5.89. The first-order chi connectivity index (χ1) is 8.09. The standard InChI is InChI=1S/C14H28N2O/c1-11(2)10-13(15)14(17)16-12-8-6-4-3-5-7-9-12/h11-13H,3-10,15H2,1-2H3,(H,16,17). The van der Waals surface area contributed by atoms with Crippen molar-refractivity contribution in [3.8, 4) is 0 Å². The summed E-state index contributed by atoms with van der Waals surface area (Å²) < 4.78 is 0. The van der Waals surface area contributed by atoms with Gasteiger partial charge in [0.05, 0.1) is 6.04 Å². The highest BCUT2D eigenvalue weighted by molar-refractivity contribution is 5.81. The summed E-state index contributed by atoms with van der Waals surface area (Å²) in [7, 11) is 0. The van der Waals surface area contributed by atoms with Gasteiger partial charge in [-0.1, -0.05) is 46.0 Å². The lowest BCUT2D eigenvalue weighted by Crippen LogP contribution is -2.46. The molecular weight excluding hydrogens is 212 g/mol. The van der Waals surface area contributed by atoms with Crippen molar-refractivity contribution in [3.63, 3.8) is 0 Å². The Bertz CT molecular complexity index is 220. The van der Waals surface area contributed by atoms with Crippen LogP contribution in [0.15, 0.2) is 0 Å². The molecule has 1 aliphatic rings. The molecule has 3 N–H and O–H groups in total. The molecule has 0 aliphatic heterocycles. The molecule has 1 aliphatic carbocycles. The average molecular weight is 240 g/mol. The maximum Gasteiger partial charge on any atom is 0.237 e. The highest BCUT2D eigenvalue weighted by atomic mass is 16.2. The zero-order valence-corrected chi connectivity index (χ0v) is 11.4. The molecule has 1 unspecified atom stereocenters. The van der Waals surface area contributed by atoms with Gasteiger partial charge in [-0.05, 0) is 25.2 Å². The summed E-state index contributed by atoms with van der Waals surface area (Å²) in [4.78, 5) is 11.9. The van der Waals surface area contributed by atoms with Crippen LogP contribution in [0.1, 0.15) is 65.2 Å². The Morgan fingerprint density at radius 3 is 2.24 bits per heavy atom. The Morgan fingerprint density at radius 1 is 1.18 bits per heavy atom. The van der Waals surface area contributed by atoms with Gasteiger partial charge in [0, 0.05) is 6.04 Å². The van der Waals surface area contributed by atoms with E-state index in [4.69, 9.17) is 5.73 Å². The van der Waals surface area contributed by atoms with E-state index in [1.54, 1.807) is 0 Å². The van der Waals surface area contributed by atoms with Crippen LogP contribution >= 0.6 is 0 Å². The largest absolute Gasteiger partial charge is 0.352 e. The SMILES string of the molecule is CC(C)CC(N)C(=O)NC1CCCCCCC1. The Hall–Kier alpha value is -0.570. The molecule has 1 saturated carbocycles. The van der Waals surface area contributed by atoms with Crippen LogP contribution in [0.3, 0.4) is 0 Å². The molecule has 0 spiro atoms. The Morgan fingerprint density at radius 2 is 1.71 bits per heavy atom. The molecule has 0 aromatic heterocycles. The van der Waals surface area contributed by atoms with Gasteiger partial charge in [0.2, 0.25) is 5.91 Å². The van der Waals surface area contributed by atoms with Crippen molar-refractivity contribution in [3.05, 3.63) is 0 Å². The van der Waals surface area contributed by atoms with E-state index in [0.29, 0.717) is 12.0 Å². The van der Waals surface area contributed by atoms with Crippen molar-refractivity contribution in [1.82, 2.24) is 5.32 Å². The molecule has 1 amide bonds. The zero-order chi connectivity index (χ0) is 12.7. The number of carbonyl (C=O) groups is 1. The van der Waals surface area contributed by atoms with Gasteiger partial charge in [-0.25, -0.2) is 0 Å². The minimum absolute atomic E-state index is 0.0456. The molecule has 1 fully saturated rings. The second-order valence-electron chi connectivity index (χ2n) is 5.79. The van der Waals surface area contributed by atoms with Gasteiger partial charge in [-0.15, -0.1) is 0 Å². The predicted octanol–water partition coefficient (Wildman–Crippen LogP) is 2.59. The normalized spacial score (nSPS) is 20.7. The lowest BCUT2D eigenvalue weighted by Gasteiger charge is -2.23. The van der Waals surface area contributed by atoms with Gasteiger partial charge in [-0.2, -0.15) is 0 Å². The molecule has 100 valence electrons. The molecule has 17 heavy (non-hydrogen) atoms. The second-order valence-corrected chi connectivity index (χ2v) is 5.79. The van der Waals surface area contributed by atoms with E-state index >= 15 is 0 Å². The maximum absolute atomic E-state index is 11.9. The summed E-state index contributed by atoms with van der Waals surface area (Å²) >= 11 is 0. The summed E-state index contributed by atoms with van der Waals surface area (Å²) in [6, 6.07) is 0.0291. The van der Waals surface area contributed by atoms with E-state index < -0.39 is 0 Å². The van der Waals surface area contributed by atoms with Crippen molar-refractivity contribution >= 4 is 5.91 Å². The number of nitrogens with two attached hydrogens (primary N) is 1. The van der Waals surface area contributed by atoms with Crippen LogP contribution in [0.25, 0.3) is 0 Å². The molecular formula is C14H28N2O. The van der Waals surface area contributed by atoms with Crippen LogP contribution in [0, 0.1) is 5.92 Å². The van der Waals surface area contributed by atoms with Crippen LogP contribution in [-0.2, 0) is 4.79 Å². The van der Waals surface area contributed by atoms with Crippen molar-refractivity contribution in [2.24, 2.45) is 11.7 Å². The summed E-state index contributed by atoms with van der Waals surface area (Å²) in [6.07, 6.45) is 9.48. The summed E-state index contributed by atoms with van der Waals surface area (Å²) in [5, 5.41) is 3.13. The number of carbonyl (C=O) groups excluding carboxylic acids is 1. The van der Waals surface area contributed by atoms with Crippen molar-refractivity contribution in [2.45, 2.75) is 77.3 Å². The first-order valence-corrected chi connectivity index (χ1v) is 7.15. The van der Waals surface area contributed by atoms with Gasteiger partial charge in [0.1, 0.15) is 0 Å². The Kier molecular flexibility index (Phi) is 6.56. The van der Waals surface area contributed by atoms with Crippen LogP contribution in [0.2, 0.25) is 0 Å². The highest BCUT2D eigenvalue weighted by Crippen LogP contribution is 2.17. The lowest BCUT2D eigenvalue weighted by molar-refractivity contribution is -0.123. The number of hydrogen-bond donors (Lipinski definition) is 2. The van der Waals surface area contributed by atoms with Gasteiger partial charge in [-0.3, -0.25) is 4.79 Å². The molecule has 0 aromatic carbocycles. The van der Waals surface area contributed by atoms with Gasteiger partial charge < -0.3 is 11.1 Å². The Balaban J connectivity index is 2.32. The molecule has 3 heteroatoms. The van der Waals surface area contributed by atoms with E-state index in [1.165, 1.54) is 32.1 Å². The summed E-state index contributed by atoms with van der Waals surface area (Å²) in [5.74, 6) is 0.525. The van der Waals surface area contributed by atoms with Crippen LogP contribution in [0.5, 0.6) is 0 Å². The quantitative estimate of drug-likeness (QED) is 0.793. The fraction of sp³-hybridized carbons (Fsp3) is 0.929. The van der Waals surface area contributed by atoms with Crippen molar-refractivity contribution in [2.75, 3.05) is 0 Å². The minimum Gasteiger partial charge on any atom is -0.352 e. The van der Waals surface area contributed by atoms with Crippen molar-refractivity contribution in [1.29, 1.82) is 0 Å². The topological polar surface area (TPSA) is 55.1 Å². The van der Waals surface area contributed by atoms with E-state index in [0.717, 1.165) is 19.3 Å². The van der Waals surface area contributed by atoms with Crippen LogP contribution < -0.4 is 11.1 Å². The minimum atomic E-state index is -0.333. The molecule has 0 heterocycles. The zero-order valence-electron chi connectivity index (χ0n) is 11.4. The number of nitrogens with one attached hydrogen (secondary N) is 1. The first-order valence-electron chi connectivity index (χ1n) is 7.15. The fourth-order valence-corrected chi connectivity index (χ4v) is 2.52. The van der Waals surface area contributed by atoms with E-state index in [1.807, 2.05) is 0 Å². The average Bonchev–Trinajstić information content (AvgIpc) is 2.20. The Labute approximate surface area is 106 Å². The first kappa shape index (κ1) is 14.5. The molecule has 0 radical (unpaired) electrons. The van der Waals surface area contributed by atoms with Gasteiger partial charge in [0.15, 0.2) is 0 Å². The molecule has 1 rings (SSSR count). The summed E-state index contributed by atoms with van der Waals surface area (Å²) in [6.45, 7) is 4.20. The molecule has 3 nitrogen and oxygen atoms in total. The number of rotatable bonds is 4. The van der Waals surface area contributed by atoms with Gasteiger partial charge >= 0.3 is 0 Å². The van der Waals surface area contributed by atoms with Crippen LogP contribution in [0.4, 0.5) is 0 Å². The lowest BCUT2D eigenvalue weighted by atomic mass is 9.96. The predicted molar refractivity (Wildman–Crippen MR) is 71.7 cm³/mol. The maximum atomic E-state index is 11.9. The number of hydrogen-bond acceptors (Lipinski definition) is 2. The number of amides is 1. The third kappa shape index (κ3) is 6.06. The second kappa shape index (κ2) is 7.70. The highest BCUT2D eigenvalue weighted by Gasteiger charge is 2.19. The third-order valence-corrected chi connectivity index (χ3v) is 3.51. The van der Waals surface area contributed by atoms with E-state index in [2.05, 4.69) is 19.2 Å². The molecule has 0 bridgehead atoms. The van der Waals surface area contributed by atoms with Gasteiger partial charge in [0.25, 0.3) is 0 Å².